The van der Waals surface area contributed by atoms with Gasteiger partial charge in [-0.1, -0.05) is 30.3 Å². The third-order valence-corrected chi connectivity index (χ3v) is 4.57. The molecule has 28 heavy (non-hydrogen) atoms. The van der Waals surface area contributed by atoms with Crippen LogP contribution in [-0.4, -0.2) is 33.5 Å². The van der Waals surface area contributed by atoms with Gasteiger partial charge >= 0.3 is 0 Å². The van der Waals surface area contributed by atoms with Crippen molar-refractivity contribution in [3.63, 3.8) is 0 Å². The van der Waals surface area contributed by atoms with Crippen LogP contribution in [-0.2, 0) is 6.42 Å². The van der Waals surface area contributed by atoms with Crippen LogP contribution in [0.2, 0.25) is 0 Å². The first kappa shape index (κ1) is 17.9. The van der Waals surface area contributed by atoms with Gasteiger partial charge in [0, 0.05) is 37.7 Å². The van der Waals surface area contributed by atoms with Gasteiger partial charge in [0.25, 0.3) is 0 Å². The highest BCUT2D eigenvalue weighted by Gasteiger charge is 2.15. The Morgan fingerprint density at radius 2 is 1.79 bits per heavy atom. The number of H-pyrrole nitrogens is 1. The van der Waals surface area contributed by atoms with E-state index in [2.05, 4.69) is 27.1 Å². The van der Waals surface area contributed by atoms with Crippen LogP contribution in [0, 0.1) is 5.82 Å². The Balaban J connectivity index is 1.65. The zero-order valence-electron chi connectivity index (χ0n) is 15.5. The Morgan fingerprint density at radius 3 is 2.50 bits per heavy atom. The van der Waals surface area contributed by atoms with Gasteiger partial charge in [0.1, 0.15) is 11.6 Å². The molecule has 2 heterocycles. The second-order valence-corrected chi connectivity index (χ2v) is 6.53. The molecule has 0 bridgehead atoms. The highest BCUT2D eigenvalue weighted by molar-refractivity contribution is 5.77. The molecule has 0 amide bonds. The molecule has 0 radical (unpaired) electrons. The van der Waals surface area contributed by atoms with E-state index >= 15 is 0 Å². The predicted molar refractivity (Wildman–Crippen MR) is 108 cm³/mol. The molecule has 4 aromatic rings. The summed E-state index contributed by atoms with van der Waals surface area (Å²) in [7, 11) is 1.97. The molecule has 0 fully saturated rings. The maximum absolute atomic E-state index is 13.4. The van der Waals surface area contributed by atoms with Crippen LogP contribution in [0.25, 0.3) is 22.6 Å². The van der Waals surface area contributed by atoms with E-state index in [0.717, 1.165) is 24.1 Å². The number of rotatable bonds is 6. The van der Waals surface area contributed by atoms with Crippen molar-refractivity contribution >= 4 is 5.95 Å². The van der Waals surface area contributed by atoms with Gasteiger partial charge in [-0.3, -0.25) is 0 Å². The number of halogens is 1. The molecule has 5 nitrogen and oxygen atoms in total. The number of hydrogen-bond donors (Lipinski definition) is 1. The second-order valence-electron chi connectivity index (χ2n) is 6.53. The Labute approximate surface area is 162 Å². The van der Waals surface area contributed by atoms with Gasteiger partial charge in [-0.25, -0.2) is 19.3 Å². The predicted octanol–water partition coefficient (Wildman–Crippen LogP) is 4.35. The average molecular weight is 373 g/mol. The van der Waals surface area contributed by atoms with Crippen LogP contribution in [0.1, 0.15) is 5.56 Å². The molecular formula is C22H20FN5. The summed E-state index contributed by atoms with van der Waals surface area (Å²) >= 11 is 0. The number of nitrogens with one attached hydrogen (secondary N) is 1. The first-order chi connectivity index (χ1) is 13.7. The van der Waals surface area contributed by atoms with Gasteiger partial charge in [-0.05, 0) is 36.2 Å². The molecule has 0 aliphatic heterocycles. The minimum absolute atomic E-state index is 0.280. The molecule has 0 aliphatic carbocycles. The SMILES string of the molecule is CN(CCc1ccccc1)c1ncc(-c2ncc[nH]2)c(-c2ccc(F)cc2)n1. The molecule has 0 aliphatic rings. The van der Waals surface area contributed by atoms with Crippen molar-refractivity contribution in [2.24, 2.45) is 0 Å². The first-order valence-electron chi connectivity index (χ1n) is 9.08. The average Bonchev–Trinajstić information content (AvgIpc) is 3.28. The van der Waals surface area contributed by atoms with E-state index in [-0.39, 0.29) is 5.82 Å². The topological polar surface area (TPSA) is 57.7 Å². The molecular weight excluding hydrogens is 353 g/mol. The monoisotopic (exact) mass is 373 g/mol. The van der Waals surface area contributed by atoms with Crippen molar-refractivity contribution in [2.45, 2.75) is 6.42 Å². The molecule has 2 aromatic carbocycles. The van der Waals surface area contributed by atoms with Gasteiger partial charge in [0.05, 0.1) is 11.3 Å². The molecule has 0 saturated carbocycles. The molecule has 2 aromatic heterocycles. The Hall–Kier alpha value is -3.54. The maximum Gasteiger partial charge on any atom is 0.225 e. The van der Waals surface area contributed by atoms with E-state index in [0.29, 0.717) is 17.5 Å². The van der Waals surface area contributed by atoms with E-state index in [1.165, 1.54) is 17.7 Å². The van der Waals surface area contributed by atoms with E-state index in [1.807, 2.05) is 30.1 Å². The van der Waals surface area contributed by atoms with Crippen molar-refractivity contribution in [1.82, 2.24) is 19.9 Å². The Kier molecular flexibility index (Phi) is 5.10. The van der Waals surface area contributed by atoms with E-state index in [4.69, 9.17) is 4.98 Å². The van der Waals surface area contributed by atoms with Crippen molar-refractivity contribution in [3.05, 3.63) is 84.6 Å². The van der Waals surface area contributed by atoms with Crippen molar-refractivity contribution in [2.75, 3.05) is 18.5 Å². The zero-order chi connectivity index (χ0) is 19.3. The highest BCUT2D eigenvalue weighted by Crippen LogP contribution is 2.29. The first-order valence-corrected chi connectivity index (χ1v) is 9.08. The molecule has 0 saturated heterocycles. The van der Waals surface area contributed by atoms with Crippen LogP contribution in [0.15, 0.2) is 73.2 Å². The third kappa shape index (κ3) is 3.91. The summed E-state index contributed by atoms with van der Waals surface area (Å²) in [6, 6.07) is 16.6. The third-order valence-electron chi connectivity index (χ3n) is 4.57. The quantitative estimate of drug-likeness (QED) is 0.546. The van der Waals surface area contributed by atoms with Crippen LogP contribution in [0.4, 0.5) is 10.3 Å². The summed E-state index contributed by atoms with van der Waals surface area (Å²) < 4.78 is 13.4. The summed E-state index contributed by atoms with van der Waals surface area (Å²) in [6.07, 6.45) is 6.10. The molecule has 140 valence electrons. The normalized spacial score (nSPS) is 10.8. The summed E-state index contributed by atoms with van der Waals surface area (Å²) in [5, 5.41) is 0. The van der Waals surface area contributed by atoms with Crippen molar-refractivity contribution < 1.29 is 4.39 Å². The number of hydrogen-bond acceptors (Lipinski definition) is 4. The number of likely N-dealkylation sites (N-methyl/N-ethyl adjacent to an activating group) is 1. The van der Waals surface area contributed by atoms with Crippen LogP contribution in [0.5, 0.6) is 0 Å². The Morgan fingerprint density at radius 1 is 1.00 bits per heavy atom. The lowest BCUT2D eigenvalue weighted by molar-refractivity contribution is 0.628. The molecule has 1 N–H and O–H groups in total. The summed E-state index contributed by atoms with van der Waals surface area (Å²) in [6.45, 7) is 0.785. The molecule has 0 atom stereocenters. The molecule has 6 heteroatoms. The number of aromatic nitrogens is 4. The number of benzene rings is 2. The van der Waals surface area contributed by atoms with E-state index in [9.17, 15) is 4.39 Å². The number of imidazole rings is 1. The Bertz CT molecular complexity index is 1030. The van der Waals surface area contributed by atoms with Gasteiger partial charge in [-0.15, -0.1) is 0 Å². The van der Waals surface area contributed by atoms with Gasteiger partial charge in [0.15, 0.2) is 0 Å². The number of aromatic amines is 1. The van der Waals surface area contributed by atoms with E-state index in [1.54, 1.807) is 30.7 Å². The van der Waals surface area contributed by atoms with Crippen molar-refractivity contribution in [1.29, 1.82) is 0 Å². The fourth-order valence-corrected chi connectivity index (χ4v) is 3.01. The van der Waals surface area contributed by atoms with Crippen LogP contribution in [0.3, 0.4) is 0 Å². The van der Waals surface area contributed by atoms with E-state index < -0.39 is 0 Å². The fraction of sp³-hybridized carbons (Fsp3) is 0.136. The lowest BCUT2D eigenvalue weighted by Gasteiger charge is -2.18. The van der Waals surface area contributed by atoms with Crippen molar-refractivity contribution in [3.8, 4) is 22.6 Å². The highest BCUT2D eigenvalue weighted by atomic mass is 19.1. The van der Waals surface area contributed by atoms with Crippen LogP contribution < -0.4 is 4.90 Å². The minimum Gasteiger partial charge on any atom is -0.345 e. The second kappa shape index (κ2) is 8.00. The summed E-state index contributed by atoms with van der Waals surface area (Å²) in [4.78, 5) is 18.7. The summed E-state index contributed by atoms with van der Waals surface area (Å²) in [5.41, 5.74) is 3.57. The zero-order valence-corrected chi connectivity index (χ0v) is 15.5. The lowest BCUT2D eigenvalue weighted by atomic mass is 10.1. The largest absolute Gasteiger partial charge is 0.345 e. The van der Waals surface area contributed by atoms with Gasteiger partial charge < -0.3 is 9.88 Å². The lowest BCUT2D eigenvalue weighted by Crippen LogP contribution is -2.22. The minimum atomic E-state index is -0.280. The standard InChI is InChI=1S/C22H20FN5/c1-28(14-11-16-5-3-2-4-6-16)22-26-15-19(21-24-12-13-25-21)20(27-22)17-7-9-18(23)10-8-17/h2-10,12-13,15H,11,14H2,1H3,(H,24,25). The fourth-order valence-electron chi connectivity index (χ4n) is 3.01. The number of nitrogens with zero attached hydrogens (tertiary/aromatic N) is 4. The van der Waals surface area contributed by atoms with Gasteiger partial charge in [-0.2, -0.15) is 0 Å². The molecule has 0 spiro atoms. The number of anilines is 1. The smallest absolute Gasteiger partial charge is 0.225 e. The van der Waals surface area contributed by atoms with Gasteiger partial charge in [0.2, 0.25) is 5.95 Å². The maximum atomic E-state index is 13.4. The molecule has 0 unspecified atom stereocenters. The van der Waals surface area contributed by atoms with Crippen LogP contribution >= 0.6 is 0 Å². The summed E-state index contributed by atoms with van der Waals surface area (Å²) in [5.74, 6) is 1.01. The molecule has 4 rings (SSSR count).